The standard InChI is InChI=1S/C14H12O/c1-3-5-9-13-11(4-2)12-8-6-7-10-14(12)15-13/h3-10H,1-2H2/b9-5-. The van der Waals surface area contributed by atoms with E-state index < -0.39 is 0 Å². The molecule has 74 valence electrons. The quantitative estimate of drug-likeness (QED) is 0.668. The average molecular weight is 196 g/mol. The zero-order valence-corrected chi connectivity index (χ0v) is 8.44. The Morgan fingerprint density at radius 1 is 1.13 bits per heavy atom. The molecule has 0 bridgehead atoms. The molecule has 0 saturated heterocycles. The van der Waals surface area contributed by atoms with Crippen LogP contribution in [-0.4, -0.2) is 0 Å². The Morgan fingerprint density at radius 3 is 2.67 bits per heavy atom. The Kier molecular flexibility index (Phi) is 2.55. The molecule has 1 heterocycles. The van der Waals surface area contributed by atoms with E-state index in [1.54, 1.807) is 6.08 Å². The van der Waals surface area contributed by atoms with Crippen LogP contribution in [0.15, 0.2) is 54.0 Å². The van der Waals surface area contributed by atoms with E-state index in [1.807, 2.05) is 42.5 Å². The Morgan fingerprint density at radius 2 is 1.93 bits per heavy atom. The second kappa shape index (κ2) is 4.01. The second-order valence-corrected chi connectivity index (χ2v) is 3.18. The lowest BCUT2D eigenvalue weighted by molar-refractivity contribution is 0.603. The minimum atomic E-state index is 0.825. The predicted octanol–water partition coefficient (Wildman–Crippen LogP) is 4.28. The molecule has 1 heteroatoms. The molecule has 0 amide bonds. The van der Waals surface area contributed by atoms with E-state index in [0.29, 0.717) is 0 Å². The van der Waals surface area contributed by atoms with Gasteiger partial charge in [-0.25, -0.2) is 0 Å². The number of rotatable bonds is 3. The maximum Gasteiger partial charge on any atom is 0.135 e. The summed E-state index contributed by atoms with van der Waals surface area (Å²) in [6, 6.07) is 7.93. The van der Waals surface area contributed by atoms with E-state index in [9.17, 15) is 0 Å². The van der Waals surface area contributed by atoms with Gasteiger partial charge in [0.1, 0.15) is 11.3 Å². The zero-order valence-electron chi connectivity index (χ0n) is 8.44. The first kappa shape index (κ1) is 9.53. The molecule has 1 aromatic heterocycles. The molecule has 0 unspecified atom stereocenters. The highest BCUT2D eigenvalue weighted by Crippen LogP contribution is 2.27. The summed E-state index contributed by atoms with van der Waals surface area (Å²) in [5.41, 5.74) is 1.92. The third kappa shape index (κ3) is 1.64. The fourth-order valence-electron chi connectivity index (χ4n) is 1.57. The minimum Gasteiger partial charge on any atom is -0.456 e. The van der Waals surface area contributed by atoms with Crippen LogP contribution in [0.1, 0.15) is 11.3 Å². The Balaban J connectivity index is 2.68. The van der Waals surface area contributed by atoms with Gasteiger partial charge in [-0.1, -0.05) is 49.6 Å². The van der Waals surface area contributed by atoms with Gasteiger partial charge in [0, 0.05) is 10.9 Å². The third-order valence-electron chi connectivity index (χ3n) is 2.25. The maximum atomic E-state index is 5.69. The number of benzene rings is 1. The van der Waals surface area contributed by atoms with E-state index >= 15 is 0 Å². The molecular weight excluding hydrogens is 184 g/mol. The topological polar surface area (TPSA) is 13.1 Å². The molecule has 0 aliphatic rings. The molecule has 2 rings (SSSR count). The number of furan rings is 1. The molecule has 1 aromatic carbocycles. The van der Waals surface area contributed by atoms with Gasteiger partial charge in [0.2, 0.25) is 0 Å². The van der Waals surface area contributed by atoms with Crippen molar-refractivity contribution >= 4 is 23.1 Å². The van der Waals surface area contributed by atoms with Gasteiger partial charge in [0.15, 0.2) is 0 Å². The SMILES string of the molecule is C=C/C=C\c1oc2ccccc2c1C=C. The van der Waals surface area contributed by atoms with Gasteiger partial charge in [-0.15, -0.1) is 0 Å². The average Bonchev–Trinajstić information content (AvgIpc) is 2.63. The van der Waals surface area contributed by atoms with Crippen LogP contribution in [0.2, 0.25) is 0 Å². The van der Waals surface area contributed by atoms with Crippen molar-refractivity contribution < 1.29 is 4.42 Å². The lowest BCUT2D eigenvalue weighted by Crippen LogP contribution is -1.71. The van der Waals surface area contributed by atoms with Crippen molar-refractivity contribution in [2.75, 3.05) is 0 Å². The van der Waals surface area contributed by atoms with Gasteiger partial charge in [-0.05, 0) is 12.1 Å². The van der Waals surface area contributed by atoms with Crippen molar-refractivity contribution in [1.29, 1.82) is 0 Å². The minimum absolute atomic E-state index is 0.825. The maximum absolute atomic E-state index is 5.69. The van der Waals surface area contributed by atoms with E-state index in [-0.39, 0.29) is 0 Å². The third-order valence-corrected chi connectivity index (χ3v) is 2.25. The second-order valence-electron chi connectivity index (χ2n) is 3.18. The number of hydrogen-bond acceptors (Lipinski definition) is 1. The molecule has 0 spiro atoms. The fraction of sp³-hybridized carbons (Fsp3) is 0. The summed E-state index contributed by atoms with van der Waals surface area (Å²) in [4.78, 5) is 0. The predicted molar refractivity (Wildman–Crippen MR) is 65.5 cm³/mol. The summed E-state index contributed by atoms with van der Waals surface area (Å²) in [6.45, 7) is 7.43. The van der Waals surface area contributed by atoms with Crippen LogP contribution in [0.5, 0.6) is 0 Å². The van der Waals surface area contributed by atoms with Crippen LogP contribution < -0.4 is 0 Å². The van der Waals surface area contributed by atoms with Gasteiger partial charge in [-0.2, -0.15) is 0 Å². The van der Waals surface area contributed by atoms with E-state index in [1.165, 1.54) is 0 Å². The van der Waals surface area contributed by atoms with Crippen molar-refractivity contribution in [2.45, 2.75) is 0 Å². The lowest BCUT2D eigenvalue weighted by Gasteiger charge is -1.88. The fourth-order valence-corrected chi connectivity index (χ4v) is 1.57. The summed E-state index contributed by atoms with van der Waals surface area (Å²) >= 11 is 0. The largest absolute Gasteiger partial charge is 0.456 e. The van der Waals surface area contributed by atoms with Gasteiger partial charge in [-0.3, -0.25) is 0 Å². The van der Waals surface area contributed by atoms with Crippen LogP contribution in [0, 0.1) is 0 Å². The molecule has 1 nitrogen and oxygen atoms in total. The van der Waals surface area contributed by atoms with Gasteiger partial charge >= 0.3 is 0 Å². The summed E-state index contributed by atoms with van der Waals surface area (Å²) in [7, 11) is 0. The summed E-state index contributed by atoms with van der Waals surface area (Å²) in [6.07, 6.45) is 7.28. The Labute approximate surface area is 89.0 Å². The number of para-hydroxylation sites is 1. The van der Waals surface area contributed by atoms with E-state index in [2.05, 4.69) is 13.2 Å². The van der Waals surface area contributed by atoms with Gasteiger partial charge in [0.25, 0.3) is 0 Å². The summed E-state index contributed by atoms with van der Waals surface area (Å²) < 4.78 is 5.69. The normalized spacial score (nSPS) is 10.9. The van der Waals surface area contributed by atoms with Crippen molar-refractivity contribution in [3.8, 4) is 0 Å². The molecule has 2 aromatic rings. The monoisotopic (exact) mass is 196 g/mol. The molecule has 0 aliphatic carbocycles. The molecule has 0 aliphatic heterocycles. The van der Waals surface area contributed by atoms with E-state index in [4.69, 9.17) is 4.42 Å². The summed E-state index contributed by atoms with van der Waals surface area (Å²) in [5.74, 6) is 0.825. The highest BCUT2D eigenvalue weighted by molar-refractivity contribution is 5.90. The first-order valence-electron chi connectivity index (χ1n) is 4.80. The van der Waals surface area contributed by atoms with Gasteiger partial charge < -0.3 is 4.42 Å². The highest BCUT2D eigenvalue weighted by Gasteiger charge is 2.07. The lowest BCUT2D eigenvalue weighted by atomic mass is 10.1. The molecule has 0 saturated carbocycles. The van der Waals surface area contributed by atoms with Crippen molar-refractivity contribution in [2.24, 2.45) is 0 Å². The van der Waals surface area contributed by atoms with Crippen molar-refractivity contribution in [3.63, 3.8) is 0 Å². The number of hydrogen-bond donors (Lipinski definition) is 0. The summed E-state index contributed by atoms with van der Waals surface area (Å²) in [5, 5.41) is 1.09. The van der Waals surface area contributed by atoms with Crippen molar-refractivity contribution in [3.05, 3.63) is 60.9 Å². The molecule has 0 radical (unpaired) electrons. The zero-order chi connectivity index (χ0) is 10.7. The Hall–Kier alpha value is -2.02. The molecular formula is C14H12O. The Bertz CT molecular complexity index is 529. The molecule has 0 N–H and O–H groups in total. The molecule has 0 fully saturated rings. The highest BCUT2D eigenvalue weighted by atomic mass is 16.3. The van der Waals surface area contributed by atoms with Crippen molar-refractivity contribution in [1.82, 2.24) is 0 Å². The number of fused-ring (bicyclic) bond motifs is 1. The van der Waals surface area contributed by atoms with E-state index in [0.717, 1.165) is 22.3 Å². The molecule has 15 heavy (non-hydrogen) atoms. The first-order chi connectivity index (χ1) is 7.36. The van der Waals surface area contributed by atoms with Crippen LogP contribution in [0.25, 0.3) is 23.1 Å². The number of allylic oxidation sites excluding steroid dienone is 2. The van der Waals surface area contributed by atoms with Crippen LogP contribution in [0.4, 0.5) is 0 Å². The van der Waals surface area contributed by atoms with Gasteiger partial charge in [0.05, 0.1) is 0 Å². The molecule has 0 atom stereocenters. The van der Waals surface area contributed by atoms with Crippen LogP contribution in [0.3, 0.4) is 0 Å². The first-order valence-corrected chi connectivity index (χ1v) is 4.80. The smallest absolute Gasteiger partial charge is 0.135 e. The van der Waals surface area contributed by atoms with Crippen LogP contribution >= 0.6 is 0 Å². The van der Waals surface area contributed by atoms with Crippen LogP contribution in [-0.2, 0) is 0 Å².